The van der Waals surface area contributed by atoms with Gasteiger partial charge in [-0.15, -0.1) is 0 Å². The molecule has 0 fully saturated rings. The van der Waals surface area contributed by atoms with E-state index >= 15 is 0 Å². The van der Waals surface area contributed by atoms with E-state index in [9.17, 15) is 0 Å². The van der Waals surface area contributed by atoms with Gasteiger partial charge >= 0.3 is 0 Å². The summed E-state index contributed by atoms with van der Waals surface area (Å²) in [4.78, 5) is 8.06. The molecular formula is C10H12N2. The topological polar surface area (TPSA) is 25.8 Å². The van der Waals surface area contributed by atoms with Gasteiger partial charge < -0.3 is 0 Å². The second kappa shape index (κ2) is 3.81. The van der Waals surface area contributed by atoms with Crippen LogP contribution in [0.15, 0.2) is 31.3 Å². The largest absolute Gasteiger partial charge is 0.244 e. The van der Waals surface area contributed by atoms with Crippen LogP contribution in [0.4, 0.5) is 0 Å². The van der Waals surface area contributed by atoms with Crippen LogP contribution in [0.2, 0.25) is 0 Å². The van der Waals surface area contributed by atoms with Crippen LogP contribution in [0.25, 0.3) is 5.57 Å². The van der Waals surface area contributed by atoms with Crippen molar-refractivity contribution in [2.24, 2.45) is 0 Å². The average Bonchev–Trinajstić information content (AvgIpc) is 2.05. The molecule has 0 unspecified atom stereocenters. The zero-order valence-electron chi connectivity index (χ0n) is 7.41. The Kier molecular flexibility index (Phi) is 2.75. The molecular weight excluding hydrogens is 148 g/mol. The van der Waals surface area contributed by atoms with E-state index in [2.05, 4.69) is 16.5 Å². The van der Waals surface area contributed by atoms with Gasteiger partial charge in [0.05, 0.1) is 0 Å². The molecule has 0 saturated carbocycles. The molecule has 62 valence electrons. The van der Waals surface area contributed by atoms with Gasteiger partial charge in [-0.1, -0.05) is 18.7 Å². The lowest BCUT2D eigenvalue weighted by atomic mass is 10.1. The van der Waals surface area contributed by atoms with Crippen LogP contribution in [-0.2, 0) is 0 Å². The molecule has 0 N–H and O–H groups in total. The Morgan fingerprint density at radius 1 is 1.58 bits per heavy atom. The maximum atomic E-state index is 4.10. The molecule has 0 amide bonds. The normalized spacial score (nSPS) is 11.3. The first kappa shape index (κ1) is 8.65. The Bertz CT molecular complexity index is 313. The van der Waals surface area contributed by atoms with Crippen molar-refractivity contribution >= 4 is 5.57 Å². The van der Waals surface area contributed by atoms with Gasteiger partial charge in [-0.05, 0) is 19.4 Å². The summed E-state index contributed by atoms with van der Waals surface area (Å²) in [6.45, 7) is 7.63. The van der Waals surface area contributed by atoms with Gasteiger partial charge in [-0.2, -0.15) is 0 Å². The summed E-state index contributed by atoms with van der Waals surface area (Å²) < 4.78 is 0. The van der Waals surface area contributed by atoms with E-state index in [1.807, 2.05) is 26.1 Å². The maximum absolute atomic E-state index is 4.10. The highest BCUT2D eigenvalue weighted by molar-refractivity contribution is 5.65. The van der Waals surface area contributed by atoms with E-state index in [1.165, 1.54) is 0 Å². The Morgan fingerprint density at radius 2 is 2.33 bits per heavy atom. The van der Waals surface area contributed by atoms with E-state index < -0.39 is 0 Å². The summed E-state index contributed by atoms with van der Waals surface area (Å²) >= 11 is 0. The lowest BCUT2D eigenvalue weighted by Crippen LogP contribution is -1.90. The Balaban J connectivity index is 3.10. The third kappa shape index (κ3) is 1.78. The van der Waals surface area contributed by atoms with Gasteiger partial charge in [-0.3, -0.25) is 0 Å². The van der Waals surface area contributed by atoms with Crippen molar-refractivity contribution in [2.75, 3.05) is 0 Å². The fourth-order valence-corrected chi connectivity index (χ4v) is 1.04. The quantitative estimate of drug-likeness (QED) is 0.621. The maximum Gasteiger partial charge on any atom is 0.115 e. The molecule has 1 heterocycles. The Hall–Kier alpha value is -1.44. The van der Waals surface area contributed by atoms with E-state index in [1.54, 1.807) is 12.4 Å². The molecule has 0 bridgehead atoms. The molecule has 1 rings (SSSR count). The zero-order chi connectivity index (χ0) is 8.97. The van der Waals surface area contributed by atoms with Crippen molar-refractivity contribution in [1.29, 1.82) is 0 Å². The smallest absolute Gasteiger partial charge is 0.115 e. The first-order chi connectivity index (χ1) is 5.75. The van der Waals surface area contributed by atoms with E-state index in [-0.39, 0.29) is 0 Å². The van der Waals surface area contributed by atoms with Crippen LogP contribution < -0.4 is 0 Å². The molecule has 1 aromatic rings. The second-order valence-electron chi connectivity index (χ2n) is 2.61. The summed E-state index contributed by atoms with van der Waals surface area (Å²) in [5, 5.41) is 0. The van der Waals surface area contributed by atoms with Crippen molar-refractivity contribution in [2.45, 2.75) is 13.8 Å². The molecule has 1 aromatic heterocycles. The van der Waals surface area contributed by atoms with Gasteiger partial charge in [0.1, 0.15) is 6.33 Å². The van der Waals surface area contributed by atoms with Crippen molar-refractivity contribution in [3.8, 4) is 0 Å². The summed E-state index contributed by atoms with van der Waals surface area (Å²) in [7, 11) is 0. The van der Waals surface area contributed by atoms with Crippen molar-refractivity contribution < 1.29 is 0 Å². The predicted octanol–water partition coefficient (Wildman–Crippen LogP) is 2.37. The minimum Gasteiger partial charge on any atom is -0.244 e. The lowest BCUT2D eigenvalue weighted by Gasteiger charge is -2.01. The Labute approximate surface area is 72.7 Å². The number of hydrogen-bond acceptors (Lipinski definition) is 2. The highest BCUT2D eigenvalue weighted by atomic mass is 14.8. The lowest BCUT2D eigenvalue weighted by molar-refractivity contribution is 1.08. The zero-order valence-corrected chi connectivity index (χ0v) is 7.41. The minimum absolute atomic E-state index is 1.00. The molecule has 0 radical (unpaired) electrons. The van der Waals surface area contributed by atoms with Crippen LogP contribution in [-0.4, -0.2) is 9.97 Å². The van der Waals surface area contributed by atoms with E-state index in [0.29, 0.717) is 0 Å². The molecule has 0 saturated heterocycles. The summed E-state index contributed by atoms with van der Waals surface area (Å²) in [6, 6.07) is 0. The molecule has 2 nitrogen and oxygen atoms in total. The van der Waals surface area contributed by atoms with Crippen LogP contribution in [0.1, 0.15) is 18.2 Å². The first-order valence-corrected chi connectivity index (χ1v) is 3.82. The van der Waals surface area contributed by atoms with Crippen molar-refractivity contribution in [1.82, 2.24) is 9.97 Å². The van der Waals surface area contributed by atoms with Gasteiger partial charge in [0.25, 0.3) is 0 Å². The van der Waals surface area contributed by atoms with E-state index in [0.717, 1.165) is 16.8 Å². The van der Waals surface area contributed by atoms with Gasteiger partial charge in [0, 0.05) is 17.5 Å². The Morgan fingerprint density at radius 3 is 2.92 bits per heavy atom. The van der Waals surface area contributed by atoms with Crippen molar-refractivity contribution in [3.05, 3.63) is 42.5 Å². The summed E-state index contributed by atoms with van der Waals surface area (Å²) in [6.07, 6.45) is 7.09. The van der Waals surface area contributed by atoms with Crippen LogP contribution >= 0.6 is 0 Å². The van der Waals surface area contributed by atoms with Crippen LogP contribution in [0.3, 0.4) is 0 Å². The number of allylic oxidation sites excluding steroid dienone is 3. The fourth-order valence-electron chi connectivity index (χ4n) is 1.04. The molecule has 0 aliphatic heterocycles. The molecule has 0 aliphatic carbocycles. The third-order valence-electron chi connectivity index (χ3n) is 1.70. The molecule has 12 heavy (non-hydrogen) atoms. The number of rotatable bonds is 2. The predicted molar refractivity (Wildman–Crippen MR) is 50.6 cm³/mol. The number of aromatic nitrogens is 2. The highest BCUT2D eigenvalue weighted by Gasteiger charge is 1.98. The van der Waals surface area contributed by atoms with Crippen molar-refractivity contribution in [3.63, 3.8) is 0 Å². The fraction of sp³-hybridized carbons (Fsp3) is 0.200. The monoisotopic (exact) mass is 160 g/mol. The highest BCUT2D eigenvalue weighted by Crippen LogP contribution is 2.14. The number of aryl methyl sites for hydroxylation is 1. The van der Waals surface area contributed by atoms with Gasteiger partial charge in [0.15, 0.2) is 0 Å². The number of hydrogen-bond donors (Lipinski definition) is 0. The standard InChI is InChI=1S/C10H12N2/c1-4-5-8(2)10-6-11-7-12-9(10)3/h4-7H,1H2,2-3H3/b8-5+. The van der Waals surface area contributed by atoms with Gasteiger partial charge in [-0.25, -0.2) is 9.97 Å². The number of nitrogens with zero attached hydrogens (tertiary/aromatic N) is 2. The summed E-state index contributed by atoms with van der Waals surface area (Å²) in [5.41, 5.74) is 3.22. The molecule has 2 heteroatoms. The van der Waals surface area contributed by atoms with Crippen LogP contribution in [0.5, 0.6) is 0 Å². The molecule has 0 spiro atoms. The molecule has 0 aliphatic rings. The van der Waals surface area contributed by atoms with Crippen LogP contribution in [0, 0.1) is 6.92 Å². The first-order valence-electron chi connectivity index (χ1n) is 3.82. The molecule has 0 aromatic carbocycles. The van der Waals surface area contributed by atoms with E-state index in [4.69, 9.17) is 0 Å². The SMILES string of the molecule is C=C/C=C(\C)c1cncnc1C. The minimum atomic E-state index is 1.00. The second-order valence-corrected chi connectivity index (χ2v) is 2.61. The molecule has 0 atom stereocenters. The average molecular weight is 160 g/mol. The van der Waals surface area contributed by atoms with Gasteiger partial charge in [0.2, 0.25) is 0 Å². The summed E-state index contributed by atoms with van der Waals surface area (Å²) in [5.74, 6) is 0. The third-order valence-corrected chi connectivity index (χ3v) is 1.70.